The van der Waals surface area contributed by atoms with Gasteiger partial charge in [0.15, 0.2) is 0 Å². The van der Waals surface area contributed by atoms with E-state index in [2.05, 4.69) is 10.3 Å². The Bertz CT molecular complexity index is 716. The molecule has 8 heteroatoms. The largest absolute Gasteiger partial charge is 0.771 e. The molecule has 0 aliphatic carbocycles. The molecule has 1 amide bonds. The second-order valence-electron chi connectivity index (χ2n) is 4.76. The van der Waals surface area contributed by atoms with Gasteiger partial charge in [-0.2, -0.15) is 0 Å². The number of carbonyl (C=O) groups is 1. The number of nitrogens with two attached hydrogens (primary N) is 1. The van der Waals surface area contributed by atoms with E-state index in [1.54, 1.807) is 36.4 Å². The first-order valence-electron chi connectivity index (χ1n) is 6.27. The smallest absolute Gasteiger partial charge is 0.410 e. The van der Waals surface area contributed by atoms with Gasteiger partial charge in [-0.25, -0.2) is 9.78 Å². The van der Waals surface area contributed by atoms with Crippen molar-refractivity contribution in [3.63, 3.8) is 0 Å². The van der Waals surface area contributed by atoms with Crippen molar-refractivity contribution < 1.29 is 18.7 Å². The second kappa shape index (κ2) is 6.22. The number of amides is 1. The summed E-state index contributed by atoms with van der Waals surface area (Å²) in [7, 11) is 0. The lowest BCUT2D eigenvalue weighted by Crippen LogP contribution is -2.37. The summed E-state index contributed by atoms with van der Waals surface area (Å²) < 4.78 is 22.2. The summed E-state index contributed by atoms with van der Waals surface area (Å²) >= 11 is -2.45. The first-order chi connectivity index (χ1) is 10.3. The molecule has 2 aromatic rings. The van der Waals surface area contributed by atoms with Gasteiger partial charge in [-0.15, -0.1) is 0 Å². The normalized spacial score (nSPS) is 14.9. The summed E-state index contributed by atoms with van der Waals surface area (Å²) in [6, 6.07) is 11.5. The Morgan fingerprint density at radius 1 is 1.32 bits per heavy atom. The molecule has 2 atom stereocenters. The number of pyridine rings is 1. The van der Waals surface area contributed by atoms with Gasteiger partial charge in [0, 0.05) is 5.56 Å². The molecule has 2 rings (SSSR count). The van der Waals surface area contributed by atoms with Gasteiger partial charge in [0.2, 0.25) is 0 Å². The molecule has 7 nitrogen and oxygen atoms in total. The van der Waals surface area contributed by atoms with E-state index in [-0.39, 0.29) is 5.82 Å². The van der Waals surface area contributed by atoms with Crippen LogP contribution in [0.5, 0.6) is 0 Å². The molecule has 1 heterocycles. The van der Waals surface area contributed by atoms with Crippen molar-refractivity contribution in [1.82, 2.24) is 4.98 Å². The van der Waals surface area contributed by atoms with Crippen molar-refractivity contribution in [2.24, 2.45) is 5.73 Å². The van der Waals surface area contributed by atoms with Gasteiger partial charge in [0.1, 0.15) is 10.7 Å². The maximum atomic E-state index is 11.1. The molecule has 2 unspecified atom stereocenters. The average molecular weight is 320 g/mol. The van der Waals surface area contributed by atoms with Crippen molar-refractivity contribution >= 4 is 23.0 Å². The quantitative estimate of drug-likeness (QED) is 0.737. The Kier molecular flexibility index (Phi) is 4.55. The van der Waals surface area contributed by atoms with Gasteiger partial charge in [-0.3, -0.25) is 9.53 Å². The Labute approximate surface area is 129 Å². The van der Waals surface area contributed by atoms with Crippen molar-refractivity contribution in [2.45, 2.75) is 11.8 Å². The SMILES string of the molecule is CC(N)(c1ccc(-c2cccc(NC(=O)O)n2)cc1)S(=O)[O-]. The highest BCUT2D eigenvalue weighted by atomic mass is 32.2. The summed E-state index contributed by atoms with van der Waals surface area (Å²) in [6.45, 7) is 1.40. The maximum Gasteiger partial charge on any atom is 0.410 e. The zero-order valence-corrected chi connectivity index (χ0v) is 12.5. The lowest BCUT2D eigenvalue weighted by atomic mass is 10.0. The van der Waals surface area contributed by atoms with Crippen molar-refractivity contribution in [3.8, 4) is 11.3 Å². The Hall–Kier alpha value is -2.29. The van der Waals surface area contributed by atoms with Crippen LogP contribution in [0.3, 0.4) is 0 Å². The number of benzene rings is 1. The van der Waals surface area contributed by atoms with Crippen LogP contribution in [-0.2, 0) is 16.0 Å². The van der Waals surface area contributed by atoms with Gasteiger partial charge in [0.05, 0.1) is 5.69 Å². The van der Waals surface area contributed by atoms with Crippen LogP contribution in [0.1, 0.15) is 12.5 Å². The zero-order chi connectivity index (χ0) is 16.3. The van der Waals surface area contributed by atoms with Crippen LogP contribution in [0.25, 0.3) is 11.3 Å². The van der Waals surface area contributed by atoms with Gasteiger partial charge < -0.3 is 15.4 Å². The molecule has 0 radical (unpaired) electrons. The number of hydrogen-bond acceptors (Lipinski definition) is 5. The second-order valence-corrected chi connectivity index (χ2v) is 6.07. The van der Waals surface area contributed by atoms with E-state index in [0.29, 0.717) is 16.8 Å². The fourth-order valence-corrected chi connectivity index (χ4v) is 2.17. The molecule has 1 aromatic heterocycles. The van der Waals surface area contributed by atoms with Crippen LogP contribution >= 0.6 is 0 Å². The number of anilines is 1. The van der Waals surface area contributed by atoms with Gasteiger partial charge in [0.25, 0.3) is 0 Å². The number of nitrogens with one attached hydrogen (secondary N) is 1. The van der Waals surface area contributed by atoms with Crippen LogP contribution in [0.2, 0.25) is 0 Å². The van der Waals surface area contributed by atoms with E-state index < -0.39 is 22.0 Å². The summed E-state index contributed by atoms with van der Waals surface area (Å²) in [5.41, 5.74) is 7.46. The highest BCUT2D eigenvalue weighted by Gasteiger charge is 2.22. The summed E-state index contributed by atoms with van der Waals surface area (Å²) in [5, 5.41) is 10.9. The molecule has 0 bridgehead atoms. The molecular weight excluding hydrogens is 306 g/mol. The van der Waals surface area contributed by atoms with Crippen molar-refractivity contribution in [3.05, 3.63) is 48.0 Å². The van der Waals surface area contributed by atoms with E-state index in [1.807, 2.05) is 0 Å². The zero-order valence-electron chi connectivity index (χ0n) is 11.6. The highest BCUT2D eigenvalue weighted by Crippen LogP contribution is 2.25. The molecule has 0 aliphatic heterocycles. The Morgan fingerprint density at radius 2 is 1.95 bits per heavy atom. The molecule has 1 aromatic carbocycles. The molecule has 4 N–H and O–H groups in total. The molecule has 22 heavy (non-hydrogen) atoms. The molecule has 0 saturated carbocycles. The van der Waals surface area contributed by atoms with Crippen LogP contribution in [0.4, 0.5) is 10.6 Å². The third-order valence-corrected chi connectivity index (χ3v) is 4.01. The fourth-order valence-electron chi connectivity index (χ4n) is 1.84. The fraction of sp³-hybridized carbons (Fsp3) is 0.143. The molecule has 0 saturated heterocycles. The molecule has 0 aliphatic rings. The van der Waals surface area contributed by atoms with E-state index >= 15 is 0 Å². The molecule has 116 valence electrons. The predicted octanol–water partition coefficient (Wildman–Crippen LogP) is 1.85. The lowest BCUT2D eigenvalue weighted by molar-refractivity contribution is 0.209. The summed E-state index contributed by atoms with van der Waals surface area (Å²) in [5.74, 6) is 0.207. The number of aromatic nitrogens is 1. The third-order valence-electron chi connectivity index (χ3n) is 3.08. The van der Waals surface area contributed by atoms with Crippen LogP contribution < -0.4 is 11.1 Å². The lowest BCUT2D eigenvalue weighted by Gasteiger charge is -2.27. The van der Waals surface area contributed by atoms with Gasteiger partial charge in [-0.05, 0) is 35.7 Å². The topological polar surface area (TPSA) is 128 Å². The molecular formula is C14H14N3O4S-. The van der Waals surface area contributed by atoms with E-state index in [0.717, 1.165) is 0 Å². The van der Waals surface area contributed by atoms with E-state index in [9.17, 15) is 13.6 Å². The number of nitrogens with zero attached hydrogens (tertiary/aromatic N) is 1. The monoisotopic (exact) mass is 320 g/mol. The third kappa shape index (κ3) is 3.48. The van der Waals surface area contributed by atoms with Gasteiger partial charge in [-0.1, -0.05) is 30.3 Å². The molecule has 0 spiro atoms. The Balaban J connectivity index is 2.31. The Morgan fingerprint density at radius 3 is 2.50 bits per heavy atom. The number of rotatable bonds is 4. The first-order valence-corrected chi connectivity index (χ1v) is 7.34. The number of hydrogen-bond donors (Lipinski definition) is 3. The highest BCUT2D eigenvalue weighted by molar-refractivity contribution is 7.80. The van der Waals surface area contributed by atoms with Crippen LogP contribution in [-0.4, -0.2) is 24.9 Å². The standard InChI is InChI=1S/C14H15N3O4S/c1-14(15,22(20)21)10-7-5-9(6-8-10)11-3-2-4-12(16-11)17-13(18)19/h2-8H,15H2,1H3,(H,16,17)(H,18,19)(H,20,21)/p-1. The average Bonchev–Trinajstić information content (AvgIpc) is 2.47. The van der Waals surface area contributed by atoms with Gasteiger partial charge >= 0.3 is 6.09 Å². The molecule has 0 fully saturated rings. The number of carboxylic acid groups (broad SMARTS) is 1. The summed E-state index contributed by atoms with van der Waals surface area (Å²) in [6.07, 6.45) is -1.20. The van der Waals surface area contributed by atoms with Crippen LogP contribution in [0.15, 0.2) is 42.5 Å². The van der Waals surface area contributed by atoms with Crippen molar-refractivity contribution in [1.29, 1.82) is 0 Å². The minimum absolute atomic E-state index is 0.207. The van der Waals surface area contributed by atoms with E-state index in [1.165, 1.54) is 13.0 Å². The maximum absolute atomic E-state index is 11.1. The van der Waals surface area contributed by atoms with Crippen molar-refractivity contribution in [2.75, 3.05) is 5.32 Å². The van der Waals surface area contributed by atoms with E-state index in [4.69, 9.17) is 10.8 Å². The first kappa shape index (κ1) is 16.1. The van der Waals surface area contributed by atoms with Crippen LogP contribution in [0, 0.1) is 0 Å². The minimum Gasteiger partial charge on any atom is -0.771 e. The summed E-state index contributed by atoms with van der Waals surface area (Å²) in [4.78, 5) is 13.3. The minimum atomic E-state index is -2.45. The predicted molar refractivity (Wildman–Crippen MR) is 81.8 cm³/mol.